The van der Waals surface area contributed by atoms with Crippen LogP contribution in [0.15, 0.2) is 18.2 Å². The number of hydrogen-bond donors (Lipinski definition) is 1. The molecule has 1 aromatic rings. The van der Waals surface area contributed by atoms with Gasteiger partial charge in [0.05, 0.1) is 5.60 Å². The second kappa shape index (κ2) is 5.55. The van der Waals surface area contributed by atoms with Gasteiger partial charge >= 0.3 is 0 Å². The third-order valence-electron chi connectivity index (χ3n) is 3.51. The Balaban J connectivity index is 1.97. The summed E-state index contributed by atoms with van der Waals surface area (Å²) in [5.74, 6) is -0.304. The van der Waals surface area contributed by atoms with E-state index in [9.17, 15) is 4.39 Å². The van der Waals surface area contributed by atoms with Gasteiger partial charge < -0.3 is 10.1 Å². The average Bonchev–Trinajstić information content (AvgIpc) is 2.74. The molecule has 2 nitrogen and oxygen atoms in total. The normalized spacial score (nSPS) is 25.3. The van der Waals surface area contributed by atoms with Crippen molar-refractivity contribution in [3.05, 3.63) is 34.6 Å². The Morgan fingerprint density at radius 2 is 2.33 bits per heavy atom. The van der Waals surface area contributed by atoms with Crippen molar-refractivity contribution in [3.8, 4) is 0 Å². The fourth-order valence-electron chi connectivity index (χ4n) is 2.31. The van der Waals surface area contributed by atoms with Gasteiger partial charge in [-0.1, -0.05) is 17.7 Å². The predicted octanol–water partition coefficient (Wildman–Crippen LogP) is 3.70. The van der Waals surface area contributed by atoms with E-state index in [1.54, 1.807) is 6.07 Å². The molecule has 4 heteroatoms. The molecule has 100 valence electrons. The number of hydrogen-bond acceptors (Lipinski definition) is 2. The van der Waals surface area contributed by atoms with Crippen molar-refractivity contribution < 1.29 is 9.13 Å². The molecule has 2 rings (SSSR count). The molecule has 0 spiro atoms. The fraction of sp³-hybridized carbons (Fsp3) is 0.571. The van der Waals surface area contributed by atoms with Crippen LogP contribution < -0.4 is 5.32 Å². The highest BCUT2D eigenvalue weighted by molar-refractivity contribution is 6.31. The van der Waals surface area contributed by atoms with Gasteiger partial charge in [-0.05, 0) is 44.4 Å². The summed E-state index contributed by atoms with van der Waals surface area (Å²) in [6, 6.07) is 4.60. The van der Waals surface area contributed by atoms with Gasteiger partial charge in [0, 0.05) is 24.2 Å². The van der Waals surface area contributed by atoms with Crippen molar-refractivity contribution in [3.63, 3.8) is 0 Å². The first-order chi connectivity index (χ1) is 8.50. The highest BCUT2D eigenvalue weighted by Gasteiger charge is 2.29. The van der Waals surface area contributed by atoms with E-state index < -0.39 is 0 Å². The van der Waals surface area contributed by atoms with Crippen molar-refractivity contribution in [2.45, 2.75) is 38.3 Å². The summed E-state index contributed by atoms with van der Waals surface area (Å²) in [7, 11) is 0. The molecule has 1 aromatic carbocycles. The Morgan fingerprint density at radius 1 is 1.56 bits per heavy atom. The van der Waals surface area contributed by atoms with Gasteiger partial charge in [-0.3, -0.25) is 0 Å². The summed E-state index contributed by atoms with van der Waals surface area (Å²) in [4.78, 5) is 0. The van der Waals surface area contributed by atoms with Gasteiger partial charge in [-0.15, -0.1) is 0 Å². The highest BCUT2D eigenvalue weighted by Crippen LogP contribution is 2.27. The molecule has 1 aliphatic rings. The summed E-state index contributed by atoms with van der Waals surface area (Å²) in [5.41, 5.74) is 0.834. The van der Waals surface area contributed by atoms with Crippen LogP contribution in [0.1, 0.15) is 38.3 Å². The van der Waals surface area contributed by atoms with Crippen LogP contribution in [-0.4, -0.2) is 18.8 Å². The lowest BCUT2D eigenvalue weighted by Crippen LogP contribution is -2.38. The standard InChI is InChI=1S/C14H19ClFNO/c1-10(12-5-4-11(16)8-13(12)15)17-9-14(2)6-3-7-18-14/h4-5,8,10,17H,3,6-7,9H2,1-2H3. The molecule has 1 fully saturated rings. The Labute approximate surface area is 112 Å². The molecular formula is C14H19ClFNO. The third-order valence-corrected chi connectivity index (χ3v) is 3.84. The molecule has 0 bridgehead atoms. The van der Waals surface area contributed by atoms with Crippen LogP contribution in [0.2, 0.25) is 5.02 Å². The molecule has 2 unspecified atom stereocenters. The Kier molecular flexibility index (Phi) is 4.25. The van der Waals surface area contributed by atoms with Gasteiger partial charge in [0.1, 0.15) is 5.82 Å². The summed E-state index contributed by atoms with van der Waals surface area (Å²) in [6.07, 6.45) is 2.19. The van der Waals surface area contributed by atoms with E-state index in [0.717, 1.165) is 31.6 Å². The number of nitrogens with one attached hydrogen (secondary N) is 1. The molecule has 1 heterocycles. The second-order valence-electron chi connectivity index (χ2n) is 5.17. The van der Waals surface area contributed by atoms with Gasteiger partial charge in [0.15, 0.2) is 0 Å². The zero-order valence-electron chi connectivity index (χ0n) is 10.8. The topological polar surface area (TPSA) is 21.3 Å². The molecule has 1 N–H and O–H groups in total. The summed E-state index contributed by atoms with van der Waals surface area (Å²) in [6.45, 7) is 5.76. The number of halogens is 2. The highest BCUT2D eigenvalue weighted by atomic mass is 35.5. The van der Waals surface area contributed by atoms with Crippen molar-refractivity contribution >= 4 is 11.6 Å². The van der Waals surface area contributed by atoms with Crippen molar-refractivity contribution in [2.75, 3.05) is 13.2 Å². The molecule has 0 aromatic heterocycles. The molecule has 0 saturated carbocycles. The fourth-order valence-corrected chi connectivity index (χ4v) is 2.64. The first-order valence-corrected chi connectivity index (χ1v) is 6.70. The van der Waals surface area contributed by atoms with E-state index in [-0.39, 0.29) is 17.5 Å². The van der Waals surface area contributed by atoms with Crippen molar-refractivity contribution in [1.29, 1.82) is 0 Å². The lowest BCUT2D eigenvalue weighted by molar-refractivity contribution is 0.0191. The van der Waals surface area contributed by atoms with E-state index in [0.29, 0.717) is 5.02 Å². The van der Waals surface area contributed by atoms with E-state index in [1.165, 1.54) is 12.1 Å². The Hall–Kier alpha value is -0.640. The molecule has 18 heavy (non-hydrogen) atoms. The maximum absolute atomic E-state index is 13.0. The van der Waals surface area contributed by atoms with Crippen molar-refractivity contribution in [1.82, 2.24) is 5.32 Å². The summed E-state index contributed by atoms with van der Waals surface area (Å²) in [5, 5.41) is 3.88. The number of rotatable bonds is 4. The van der Waals surface area contributed by atoms with Crippen LogP contribution >= 0.6 is 11.6 Å². The molecule has 0 radical (unpaired) electrons. The maximum Gasteiger partial charge on any atom is 0.124 e. The monoisotopic (exact) mass is 271 g/mol. The van der Waals surface area contributed by atoms with E-state index in [1.807, 2.05) is 6.92 Å². The van der Waals surface area contributed by atoms with Crippen LogP contribution in [-0.2, 0) is 4.74 Å². The smallest absolute Gasteiger partial charge is 0.124 e. The van der Waals surface area contributed by atoms with Crippen LogP contribution in [0.4, 0.5) is 4.39 Å². The number of ether oxygens (including phenoxy) is 1. The summed E-state index contributed by atoms with van der Waals surface area (Å²) < 4.78 is 18.7. The molecule has 1 saturated heterocycles. The zero-order valence-corrected chi connectivity index (χ0v) is 11.6. The minimum atomic E-state index is -0.304. The first-order valence-electron chi connectivity index (χ1n) is 6.32. The van der Waals surface area contributed by atoms with Crippen LogP contribution in [0.3, 0.4) is 0 Å². The third kappa shape index (κ3) is 3.22. The Morgan fingerprint density at radius 3 is 2.94 bits per heavy atom. The largest absolute Gasteiger partial charge is 0.374 e. The average molecular weight is 272 g/mol. The van der Waals surface area contributed by atoms with E-state index >= 15 is 0 Å². The van der Waals surface area contributed by atoms with Crippen LogP contribution in [0.5, 0.6) is 0 Å². The van der Waals surface area contributed by atoms with Gasteiger partial charge in [0.2, 0.25) is 0 Å². The van der Waals surface area contributed by atoms with Crippen LogP contribution in [0, 0.1) is 5.82 Å². The van der Waals surface area contributed by atoms with E-state index in [4.69, 9.17) is 16.3 Å². The van der Waals surface area contributed by atoms with Crippen molar-refractivity contribution in [2.24, 2.45) is 0 Å². The second-order valence-corrected chi connectivity index (χ2v) is 5.58. The molecular weight excluding hydrogens is 253 g/mol. The number of benzene rings is 1. The lowest BCUT2D eigenvalue weighted by Gasteiger charge is -2.26. The van der Waals surface area contributed by atoms with Crippen LogP contribution in [0.25, 0.3) is 0 Å². The minimum Gasteiger partial charge on any atom is -0.374 e. The Bertz CT molecular complexity index is 418. The van der Waals surface area contributed by atoms with E-state index in [2.05, 4.69) is 12.2 Å². The predicted molar refractivity (Wildman–Crippen MR) is 71.4 cm³/mol. The molecule has 0 amide bonds. The lowest BCUT2D eigenvalue weighted by atomic mass is 10.0. The molecule has 1 aliphatic heterocycles. The van der Waals surface area contributed by atoms with Gasteiger partial charge in [-0.2, -0.15) is 0 Å². The molecule has 0 aliphatic carbocycles. The minimum absolute atomic E-state index is 0.0825. The maximum atomic E-state index is 13.0. The van der Waals surface area contributed by atoms with Gasteiger partial charge in [0.25, 0.3) is 0 Å². The quantitative estimate of drug-likeness (QED) is 0.902. The zero-order chi connectivity index (χ0) is 13.2. The SMILES string of the molecule is CC(NCC1(C)CCCO1)c1ccc(F)cc1Cl. The van der Waals surface area contributed by atoms with Gasteiger partial charge in [-0.25, -0.2) is 4.39 Å². The summed E-state index contributed by atoms with van der Waals surface area (Å²) >= 11 is 6.04. The first kappa shape index (κ1) is 13.8. The molecule has 2 atom stereocenters.